The highest BCUT2D eigenvalue weighted by Gasteiger charge is 2.46. The predicted molar refractivity (Wildman–Crippen MR) is 532 cm³/mol. The van der Waals surface area contributed by atoms with E-state index in [1.165, 1.54) is 305 Å². The van der Waals surface area contributed by atoms with Gasteiger partial charge in [0.2, 0.25) is 0 Å². The van der Waals surface area contributed by atoms with E-state index in [9.17, 15) is 9.59 Å². The number of aryl methyl sites for hydroxylation is 1. The topological polar surface area (TPSA) is 43.0 Å². The zero-order valence-corrected chi connectivity index (χ0v) is 75.8. The van der Waals surface area contributed by atoms with Crippen LogP contribution in [0.4, 0.5) is 0 Å². The average Bonchev–Trinajstić information content (AvgIpc) is 1.57. The van der Waals surface area contributed by atoms with Gasteiger partial charge in [0.05, 0.1) is 21.8 Å². The summed E-state index contributed by atoms with van der Waals surface area (Å²) in [5, 5.41) is 1.06. The van der Waals surface area contributed by atoms with Crippen molar-refractivity contribution in [2.75, 3.05) is 0 Å². The summed E-state index contributed by atoms with van der Waals surface area (Å²) in [6.45, 7) is 21.2. The van der Waals surface area contributed by atoms with Crippen molar-refractivity contribution in [3.63, 3.8) is 0 Å². The van der Waals surface area contributed by atoms with Gasteiger partial charge in [-0.1, -0.05) is 409 Å². The second kappa shape index (κ2) is 35.0. The molecule has 0 unspecified atom stereocenters. The molecule has 13 aromatic carbocycles. The van der Waals surface area contributed by atoms with Crippen LogP contribution >= 0.6 is 0 Å². The van der Waals surface area contributed by atoms with Crippen molar-refractivity contribution >= 4 is 21.8 Å². The minimum Gasteiger partial charge on any atom is -0.267 e. The number of benzene rings is 13. The van der Waals surface area contributed by atoms with E-state index in [0.29, 0.717) is 10.8 Å². The largest absolute Gasteiger partial charge is 0.282 e. The van der Waals surface area contributed by atoms with Crippen molar-refractivity contribution < 1.29 is 0 Å². The highest BCUT2D eigenvalue weighted by atomic mass is 16.2. The van der Waals surface area contributed by atoms with Gasteiger partial charge < -0.3 is 0 Å². The third kappa shape index (κ3) is 15.1. The Bertz CT molecular complexity index is 6620. The van der Waals surface area contributed by atoms with Gasteiger partial charge in [-0.25, -0.2) is 4.52 Å². The molecule has 0 N–H and O–H groups in total. The molecule has 2 heterocycles. The average molecular weight is 1640 g/mol. The van der Waals surface area contributed by atoms with Crippen LogP contribution in [0.25, 0.3) is 144 Å². The number of rotatable bonds is 35. The Labute approximate surface area is 743 Å². The van der Waals surface area contributed by atoms with E-state index in [1.807, 2.05) is 30.3 Å². The highest BCUT2D eigenvalue weighted by molar-refractivity contribution is 5.95. The van der Waals surface area contributed by atoms with E-state index >= 15 is 0 Å². The van der Waals surface area contributed by atoms with E-state index in [-0.39, 0.29) is 32.8 Å². The van der Waals surface area contributed by atoms with E-state index in [2.05, 4.69) is 293 Å². The van der Waals surface area contributed by atoms with Crippen LogP contribution in [0.3, 0.4) is 0 Å². The molecule has 0 amide bonds. The summed E-state index contributed by atoms with van der Waals surface area (Å²) in [6.07, 6.45) is 36.0. The zero-order valence-electron chi connectivity index (χ0n) is 75.8. The number of aromatic nitrogens is 2. The second-order valence-corrected chi connectivity index (χ2v) is 39.1. The summed E-state index contributed by atoms with van der Waals surface area (Å²) >= 11 is 0. The summed E-state index contributed by atoms with van der Waals surface area (Å²) in [5.41, 5.74) is 41.1. The van der Waals surface area contributed by atoms with E-state index in [1.54, 1.807) is 15.6 Å². The van der Waals surface area contributed by atoms with Gasteiger partial charge in [0.1, 0.15) is 0 Å². The minimum absolute atomic E-state index is 0.0492. The first-order valence-electron chi connectivity index (χ1n) is 48.4. The Morgan fingerprint density at radius 1 is 0.216 bits per heavy atom. The van der Waals surface area contributed by atoms with Gasteiger partial charge in [-0.3, -0.25) is 9.59 Å². The van der Waals surface area contributed by atoms with Gasteiger partial charge in [-0.15, -0.1) is 0 Å². The van der Waals surface area contributed by atoms with Crippen molar-refractivity contribution in [2.24, 2.45) is 0 Å². The van der Waals surface area contributed by atoms with Gasteiger partial charge in [-0.05, 0) is 266 Å². The van der Waals surface area contributed by atoms with Crippen LogP contribution in [0.2, 0.25) is 0 Å². The lowest BCUT2D eigenvalue weighted by Gasteiger charge is -2.33. The van der Waals surface area contributed by atoms with Crippen LogP contribution in [0, 0.1) is 6.92 Å². The Hall–Kier alpha value is -11.2. The number of nitrogens with zero attached hydrogens (tertiary/aromatic N) is 2. The summed E-state index contributed by atoms with van der Waals surface area (Å²) in [6, 6.07) is 100.0. The lowest BCUT2D eigenvalue weighted by atomic mass is 9.70. The van der Waals surface area contributed by atoms with Crippen LogP contribution < -0.4 is 11.1 Å². The third-order valence-corrected chi connectivity index (χ3v) is 30.5. The molecule has 0 bridgehead atoms. The van der Waals surface area contributed by atoms with E-state index in [4.69, 9.17) is 0 Å². The lowest BCUT2D eigenvalue weighted by molar-refractivity contribution is 0.398. The summed E-state index contributed by atoms with van der Waals surface area (Å²) < 4.78 is 3.09. The maximum absolute atomic E-state index is 14.2. The van der Waals surface area contributed by atoms with Gasteiger partial charge in [0, 0.05) is 21.7 Å². The summed E-state index contributed by atoms with van der Waals surface area (Å²) in [4.78, 5) is 28.2. The van der Waals surface area contributed by atoms with Crippen molar-refractivity contribution in [3.8, 4) is 122 Å². The fraction of sp³-hybridized carbons (Fsp3) is 0.339. The molecule has 2 aromatic heterocycles. The molecular weight excluding hydrogens is 1510 g/mol. The molecule has 632 valence electrons. The Morgan fingerprint density at radius 3 is 0.752 bits per heavy atom. The monoisotopic (exact) mass is 1640 g/mol. The number of unbranched alkanes of at least 4 members (excludes halogenated alkanes) is 20. The molecule has 0 radical (unpaired) electrons. The third-order valence-electron chi connectivity index (χ3n) is 30.5. The van der Waals surface area contributed by atoms with Crippen molar-refractivity contribution in [2.45, 2.75) is 264 Å². The minimum atomic E-state index is -0.302. The lowest BCUT2D eigenvalue weighted by Crippen LogP contribution is -2.25. The molecular formula is C121H126N2O2. The summed E-state index contributed by atoms with van der Waals surface area (Å²) in [5.74, 6) is 0. The molecule has 15 aromatic rings. The molecule has 19 rings (SSSR count). The molecule has 125 heavy (non-hydrogen) atoms. The Balaban J connectivity index is 0.585. The normalized spacial score (nSPS) is 14.4. The molecule has 4 heteroatoms. The van der Waals surface area contributed by atoms with Crippen LogP contribution in [-0.2, 0) is 21.7 Å². The molecule has 0 saturated carbocycles. The first kappa shape index (κ1) is 83.4. The molecule has 4 aliphatic rings. The molecule has 0 fully saturated rings. The molecule has 0 spiro atoms. The van der Waals surface area contributed by atoms with Gasteiger partial charge in [0.25, 0.3) is 11.1 Å². The standard InChI is InChI=1S/C121H126N2O2/c1-10-14-18-22-26-32-68-120(69-33-27-23-19-15-11-2)106-37-31-30-36-96(106)101-64-55-94(79-111(101)120)92-53-61-99-98-60-51-90(75-108(98)118(6,7)109(99)76-92)85-46-48-86(49-47-85)91-52-63-102-103-65-56-95(80-113(103)121(112(102)78-91,70-34-28-24-20-16-12-3)71-35-29-25-21-17-13-4)93-54-62-100-97-59-50-89(74-107(97)119(8,9)110(100)77-93)84-44-42-83(43-45-84)88-58-67-115-105(73-88)117(125)123-116(124)104-72-87(57-66-114(104)122(115)123)82-40-38-81(5)39-41-82/h30-31,36-67,72-80H,10-29,32-35,68-71H2,1-9H3. The highest BCUT2D eigenvalue weighted by Crippen LogP contribution is 2.60. The molecule has 0 aliphatic heterocycles. The zero-order chi connectivity index (χ0) is 85.7. The Morgan fingerprint density at radius 2 is 0.440 bits per heavy atom. The quantitative estimate of drug-likeness (QED) is 0.0372. The maximum Gasteiger partial charge on any atom is 0.282 e. The molecule has 4 aliphatic carbocycles. The number of fused-ring (bicyclic) bond motifs is 17. The predicted octanol–water partition coefficient (Wildman–Crippen LogP) is 33.6. The van der Waals surface area contributed by atoms with Crippen LogP contribution in [0.15, 0.2) is 270 Å². The second-order valence-electron chi connectivity index (χ2n) is 39.1. The van der Waals surface area contributed by atoms with Gasteiger partial charge >= 0.3 is 0 Å². The van der Waals surface area contributed by atoms with Crippen LogP contribution in [0.5, 0.6) is 0 Å². The van der Waals surface area contributed by atoms with Crippen LogP contribution in [-0.4, -0.2) is 9.03 Å². The van der Waals surface area contributed by atoms with Gasteiger partial charge in [0.15, 0.2) is 0 Å². The van der Waals surface area contributed by atoms with E-state index < -0.39 is 0 Å². The molecule has 4 nitrogen and oxygen atoms in total. The fourth-order valence-corrected chi connectivity index (χ4v) is 23.3. The molecule has 0 atom stereocenters. The van der Waals surface area contributed by atoms with Crippen molar-refractivity contribution in [3.05, 3.63) is 332 Å². The first-order chi connectivity index (χ1) is 61.0. The SMILES string of the molecule is CCCCCCCCC1(CCCCCCCC)c2ccccc2-c2ccc(-c3ccc4c(c3)C(C)(C)c3cc(-c5ccc(-c6ccc7c(c6)C(CCCCCCCC)(CCCCCCCC)c6cc(-c8ccc9c(c8)C(C)(C)c8cc(-c%10ccc(-c%11ccc%12c(c%11)c(=O)n%11c(=O)c%13cc(-c%14ccc(C)cc%14)ccc%13n%12%11)cc%10)ccc8-9)ccc6-7)cc5)ccc3-4)cc21. The number of hydrogen-bond acceptors (Lipinski definition) is 2. The maximum atomic E-state index is 14.2. The van der Waals surface area contributed by atoms with Crippen molar-refractivity contribution in [1.29, 1.82) is 0 Å². The van der Waals surface area contributed by atoms with Crippen molar-refractivity contribution in [1.82, 2.24) is 9.03 Å². The Kier molecular flexibility index (Phi) is 23.3. The smallest absolute Gasteiger partial charge is 0.267 e. The van der Waals surface area contributed by atoms with Crippen LogP contribution in [0.1, 0.15) is 285 Å². The van der Waals surface area contributed by atoms with E-state index in [0.717, 1.165) is 51.7 Å². The summed E-state index contributed by atoms with van der Waals surface area (Å²) in [7, 11) is 0. The number of hydrogen-bond donors (Lipinski definition) is 0. The fourth-order valence-electron chi connectivity index (χ4n) is 23.3. The molecule has 0 saturated heterocycles. The van der Waals surface area contributed by atoms with Gasteiger partial charge in [-0.2, -0.15) is 4.52 Å². The first-order valence-corrected chi connectivity index (χ1v) is 48.4.